The van der Waals surface area contributed by atoms with E-state index >= 15 is 0 Å². The van der Waals surface area contributed by atoms with Gasteiger partial charge in [-0.2, -0.15) is 0 Å². The summed E-state index contributed by atoms with van der Waals surface area (Å²) in [5.74, 6) is 4.74. The van der Waals surface area contributed by atoms with E-state index in [0.717, 1.165) is 0 Å². The predicted octanol–water partition coefficient (Wildman–Crippen LogP) is 0.175. The normalized spacial score (nSPS) is 10.9. The maximum atomic E-state index is 11.7. The molecule has 0 aliphatic heterocycles. The lowest BCUT2D eigenvalue weighted by molar-refractivity contribution is 0.517. The fourth-order valence-corrected chi connectivity index (χ4v) is 2.19. The highest BCUT2D eigenvalue weighted by Crippen LogP contribution is 2.16. The van der Waals surface area contributed by atoms with Crippen LogP contribution in [0.1, 0.15) is 5.01 Å². The average Bonchev–Trinajstić information content (AvgIpc) is 2.96. The Hall–Kier alpha value is -2.26. The van der Waals surface area contributed by atoms with Crippen LogP contribution < -0.4 is 17.0 Å². The van der Waals surface area contributed by atoms with E-state index in [1.54, 1.807) is 18.3 Å². The van der Waals surface area contributed by atoms with Gasteiger partial charge in [-0.05, 0) is 12.1 Å². The van der Waals surface area contributed by atoms with Crippen molar-refractivity contribution in [3.63, 3.8) is 0 Å². The summed E-state index contributed by atoms with van der Waals surface area (Å²) in [6.45, 7) is 0.252. The molecule has 0 saturated heterocycles. The fourth-order valence-electron chi connectivity index (χ4n) is 1.55. The van der Waals surface area contributed by atoms with Crippen molar-refractivity contribution in [2.24, 2.45) is 5.84 Å². The highest BCUT2D eigenvalue weighted by molar-refractivity contribution is 7.15. The Morgan fingerprint density at radius 3 is 3.17 bits per heavy atom. The Morgan fingerprint density at radius 2 is 2.39 bits per heavy atom. The van der Waals surface area contributed by atoms with Crippen LogP contribution in [-0.2, 0) is 6.54 Å². The number of nitrogens with zero attached hydrogens (tertiary/aromatic N) is 4. The van der Waals surface area contributed by atoms with E-state index in [1.807, 2.05) is 0 Å². The molecule has 0 spiro atoms. The van der Waals surface area contributed by atoms with E-state index < -0.39 is 5.76 Å². The lowest BCUT2D eigenvalue weighted by Gasteiger charge is -1.95. The number of oxazole rings is 1. The SMILES string of the molecule is NNc1nnc(Cn2c(=O)oc3cccnc32)s1. The molecule has 0 amide bonds. The third kappa shape index (κ3) is 1.75. The second-order valence-electron chi connectivity index (χ2n) is 3.42. The second kappa shape index (κ2) is 4.20. The van der Waals surface area contributed by atoms with Crippen LogP contribution >= 0.6 is 11.3 Å². The number of anilines is 1. The van der Waals surface area contributed by atoms with Gasteiger partial charge in [-0.25, -0.2) is 15.6 Å². The zero-order valence-corrected chi connectivity index (χ0v) is 9.85. The summed E-state index contributed by atoms with van der Waals surface area (Å²) >= 11 is 1.26. The minimum absolute atomic E-state index is 0.252. The Kier molecular flexibility index (Phi) is 2.54. The van der Waals surface area contributed by atoms with Crippen molar-refractivity contribution >= 4 is 27.7 Å². The zero-order valence-electron chi connectivity index (χ0n) is 9.03. The third-order valence-corrected chi connectivity index (χ3v) is 3.15. The summed E-state index contributed by atoms with van der Waals surface area (Å²) in [4.78, 5) is 15.8. The molecule has 3 aromatic rings. The molecule has 18 heavy (non-hydrogen) atoms. The first kappa shape index (κ1) is 10.9. The number of nitrogens with two attached hydrogens (primary N) is 1. The maximum Gasteiger partial charge on any atom is 0.421 e. The number of rotatable bonds is 3. The summed E-state index contributed by atoms with van der Waals surface area (Å²) in [6.07, 6.45) is 1.60. The molecule has 8 nitrogen and oxygen atoms in total. The van der Waals surface area contributed by atoms with Gasteiger partial charge in [0.1, 0.15) is 5.01 Å². The van der Waals surface area contributed by atoms with Gasteiger partial charge in [0.25, 0.3) is 0 Å². The van der Waals surface area contributed by atoms with Crippen LogP contribution in [-0.4, -0.2) is 19.7 Å². The molecule has 3 N–H and O–H groups in total. The van der Waals surface area contributed by atoms with Gasteiger partial charge in [0.2, 0.25) is 5.13 Å². The van der Waals surface area contributed by atoms with Gasteiger partial charge in [-0.1, -0.05) is 11.3 Å². The molecule has 0 aromatic carbocycles. The number of pyridine rings is 1. The summed E-state index contributed by atoms with van der Waals surface area (Å²) in [5.41, 5.74) is 3.33. The molecule has 0 atom stereocenters. The van der Waals surface area contributed by atoms with Gasteiger partial charge >= 0.3 is 5.76 Å². The van der Waals surface area contributed by atoms with Crippen molar-refractivity contribution < 1.29 is 4.42 Å². The van der Waals surface area contributed by atoms with Gasteiger partial charge in [0, 0.05) is 6.20 Å². The molecule has 0 bridgehead atoms. The predicted molar refractivity (Wildman–Crippen MR) is 65.1 cm³/mol. The molecule has 3 rings (SSSR count). The molecule has 0 unspecified atom stereocenters. The number of hydrazine groups is 1. The van der Waals surface area contributed by atoms with Crippen LogP contribution in [0.2, 0.25) is 0 Å². The lowest BCUT2D eigenvalue weighted by Crippen LogP contribution is -2.15. The smallest absolute Gasteiger partial charge is 0.406 e. The molecule has 0 fully saturated rings. The first-order valence-electron chi connectivity index (χ1n) is 5.01. The number of hydrogen-bond donors (Lipinski definition) is 2. The van der Waals surface area contributed by atoms with Gasteiger partial charge < -0.3 is 4.42 Å². The van der Waals surface area contributed by atoms with Gasteiger partial charge in [-0.3, -0.25) is 9.99 Å². The number of nitrogen functional groups attached to an aromatic ring is 1. The van der Waals surface area contributed by atoms with E-state index in [2.05, 4.69) is 20.6 Å². The minimum Gasteiger partial charge on any atom is -0.406 e. The van der Waals surface area contributed by atoms with Crippen LogP contribution in [0, 0.1) is 0 Å². The molecule has 9 heteroatoms. The molecule has 3 heterocycles. The third-order valence-electron chi connectivity index (χ3n) is 2.31. The van der Waals surface area contributed by atoms with Crippen molar-refractivity contribution in [1.82, 2.24) is 19.7 Å². The number of fused-ring (bicyclic) bond motifs is 1. The van der Waals surface area contributed by atoms with Crippen LogP contribution in [0.4, 0.5) is 5.13 Å². The first-order chi connectivity index (χ1) is 8.78. The second-order valence-corrected chi connectivity index (χ2v) is 4.49. The molecule has 0 saturated carbocycles. The summed E-state index contributed by atoms with van der Waals surface area (Å²) in [6, 6.07) is 3.39. The van der Waals surface area contributed by atoms with Crippen LogP contribution in [0.25, 0.3) is 11.2 Å². The zero-order chi connectivity index (χ0) is 12.5. The van der Waals surface area contributed by atoms with E-state index in [-0.39, 0.29) is 6.54 Å². The monoisotopic (exact) mass is 264 g/mol. The number of hydrogen-bond acceptors (Lipinski definition) is 8. The van der Waals surface area contributed by atoms with Crippen molar-refractivity contribution in [1.29, 1.82) is 0 Å². The first-order valence-corrected chi connectivity index (χ1v) is 5.83. The van der Waals surface area contributed by atoms with Crippen molar-refractivity contribution in [2.75, 3.05) is 5.43 Å². The minimum atomic E-state index is -0.471. The Balaban J connectivity index is 2.04. The quantitative estimate of drug-likeness (QED) is 0.512. The molecule has 0 aliphatic carbocycles. The summed E-state index contributed by atoms with van der Waals surface area (Å²) < 4.78 is 6.46. The molecule has 0 aliphatic rings. The largest absolute Gasteiger partial charge is 0.421 e. The van der Waals surface area contributed by atoms with Gasteiger partial charge in [0.15, 0.2) is 11.2 Å². The summed E-state index contributed by atoms with van der Waals surface area (Å²) in [5, 5.41) is 8.82. The molecular formula is C9H8N6O2S. The van der Waals surface area contributed by atoms with E-state index in [1.165, 1.54) is 15.9 Å². The van der Waals surface area contributed by atoms with Gasteiger partial charge in [-0.15, -0.1) is 10.2 Å². The lowest BCUT2D eigenvalue weighted by atomic mass is 10.4. The fraction of sp³-hybridized carbons (Fsp3) is 0.111. The Labute approximate surface area is 104 Å². The van der Waals surface area contributed by atoms with Gasteiger partial charge in [0.05, 0.1) is 6.54 Å². The van der Waals surface area contributed by atoms with Crippen molar-refractivity contribution in [3.05, 3.63) is 33.9 Å². The van der Waals surface area contributed by atoms with Crippen LogP contribution in [0.5, 0.6) is 0 Å². The molecule has 92 valence electrons. The molecular weight excluding hydrogens is 256 g/mol. The van der Waals surface area contributed by atoms with Crippen molar-refractivity contribution in [2.45, 2.75) is 6.54 Å². The van der Waals surface area contributed by atoms with Crippen LogP contribution in [0.3, 0.4) is 0 Å². The standard InChI is InChI=1S/C9H8N6O2S/c10-12-8-14-13-6(18-8)4-15-7-5(17-9(15)16)2-1-3-11-7/h1-3H,4,10H2,(H,12,14). The number of nitrogens with one attached hydrogen (secondary N) is 1. The van der Waals surface area contributed by atoms with E-state index in [0.29, 0.717) is 21.4 Å². The summed E-state index contributed by atoms with van der Waals surface area (Å²) in [7, 11) is 0. The Morgan fingerprint density at radius 1 is 1.50 bits per heavy atom. The number of aromatic nitrogens is 4. The highest BCUT2D eigenvalue weighted by atomic mass is 32.1. The van der Waals surface area contributed by atoms with Crippen molar-refractivity contribution in [3.8, 4) is 0 Å². The Bertz CT molecular complexity index is 745. The van der Waals surface area contributed by atoms with E-state index in [4.69, 9.17) is 10.3 Å². The molecule has 3 aromatic heterocycles. The topological polar surface area (TPSA) is 112 Å². The van der Waals surface area contributed by atoms with Crippen LogP contribution in [0.15, 0.2) is 27.5 Å². The highest BCUT2D eigenvalue weighted by Gasteiger charge is 2.12. The maximum absolute atomic E-state index is 11.7. The molecule has 0 radical (unpaired) electrons. The van der Waals surface area contributed by atoms with E-state index in [9.17, 15) is 4.79 Å². The average molecular weight is 264 g/mol.